The van der Waals surface area contributed by atoms with Crippen molar-refractivity contribution < 1.29 is 20.1 Å². The van der Waals surface area contributed by atoms with Gasteiger partial charge in [-0.1, -0.05) is 20.8 Å². The Morgan fingerprint density at radius 2 is 1.43 bits per heavy atom. The van der Waals surface area contributed by atoms with Gasteiger partial charge in [-0.05, 0) is 12.3 Å². The van der Waals surface area contributed by atoms with Gasteiger partial charge in [-0.3, -0.25) is 0 Å². The van der Waals surface area contributed by atoms with Gasteiger partial charge in [0, 0.05) is 0 Å². The molecule has 0 radical (unpaired) electrons. The van der Waals surface area contributed by atoms with Crippen molar-refractivity contribution in [1.82, 2.24) is 0 Å². The number of ether oxygens (including phenoxy) is 1. The first kappa shape index (κ1) is 11.9. The summed E-state index contributed by atoms with van der Waals surface area (Å²) in [6.07, 6.45) is -4.05. The van der Waals surface area contributed by atoms with Crippen LogP contribution < -0.4 is 0 Å². The van der Waals surface area contributed by atoms with E-state index in [2.05, 4.69) is 0 Å². The number of hydrogen-bond donors (Lipinski definition) is 3. The molecule has 0 spiro atoms. The lowest BCUT2D eigenvalue weighted by molar-refractivity contribution is -0.239. The van der Waals surface area contributed by atoms with Crippen molar-refractivity contribution in [3.8, 4) is 0 Å². The fourth-order valence-electron chi connectivity index (χ4n) is 1.77. The summed E-state index contributed by atoms with van der Waals surface area (Å²) in [5, 5.41) is 28.8. The van der Waals surface area contributed by atoms with E-state index in [0.29, 0.717) is 0 Å². The summed E-state index contributed by atoms with van der Waals surface area (Å²) in [5.74, 6) is 0. The average molecular weight is 204 g/mol. The molecular formula is C10H20O4. The molecule has 14 heavy (non-hydrogen) atoms. The van der Waals surface area contributed by atoms with Crippen LogP contribution >= 0.6 is 0 Å². The number of hydrogen-bond acceptors (Lipinski definition) is 4. The van der Waals surface area contributed by atoms with Gasteiger partial charge < -0.3 is 20.1 Å². The largest absolute Gasteiger partial charge is 0.388 e. The van der Waals surface area contributed by atoms with E-state index < -0.39 is 30.5 Å². The first-order chi connectivity index (χ1) is 6.25. The molecule has 4 nitrogen and oxygen atoms in total. The molecule has 1 aliphatic heterocycles. The predicted molar refractivity (Wildman–Crippen MR) is 51.8 cm³/mol. The van der Waals surface area contributed by atoms with Crippen molar-refractivity contribution >= 4 is 0 Å². The highest BCUT2D eigenvalue weighted by Gasteiger charge is 2.46. The highest BCUT2D eigenvalue weighted by Crippen LogP contribution is 2.32. The molecule has 1 aliphatic rings. The molecular weight excluding hydrogens is 184 g/mol. The van der Waals surface area contributed by atoms with Gasteiger partial charge in [0.1, 0.15) is 18.3 Å². The minimum absolute atomic E-state index is 0.255. The van der Waals surface area contributed by atoms with E-state index in [9.17, 15) is 15.3 Å². The zero-order chi connectivity index (χ0) is 11.1. The van der Waals surface area contributed by atoms with Crippen molar-refractivity contribution in [3.05, 3.63) is 0 Å². The van der Waals surface area contributed by atoms with Gasteiger partial charge in [-0.15, -0.1) is 0 Å². The van der Waals surface area contributed by atoms with Gasteiger partial charge in [0.15, 0.2) is 0 Å². The quantitative estimate of drug-likeness (QED) is 0.515. The second-order valence-corrected chi connectivity index (χ2v) is 5.10. The number of rotatable bonds is 0. The van der Waals surface area contributed by atoms with Crippen LogP contribution in [0.15, 0.2) is 0 Å². The molecule has 0 amide bonds. The summed E-state index contributed by atoms with van der Waals surface area (Å²) in [7, 11) is 0. The third-order valence-electron chi connectivity index (χ3n) is 2.71. The van der Waals surface area contributed by atoms with Crippen LogP contribution in [0.5, 0.6) is 0 Å². The Bertz CT molecular complexity index is 199. The Kier molecular flexibility index (Phi) is 3.21. The van der Waals surface area contributed by atoms with E-state index in [1.54, 1.807) is 6.92 Å². The third kappa shape index (κ3) is 2.08. The van der Waals surface area contributed by atoms with E-state index in [0.717, 1.165) is 0 Å². The molecule has 0 aliphatic carbocycles. The van der Waals surface area contributed by atoms with Crippen molar-refractivity contribution in [1.29, 1.82) is 0 Å². The maximum absolute atomic E-state index is 9.73. The lowest BCUT2D eigenvalue weighted by atomic mass is 9.80. The summed E-state index contributed by atoms with van der Waals surface area (Å²) in [5.41, 5.74) is -0.255. The molecule has 1 fully saturated rings. The summed E-state index contributed by atoms with van der Waals surface area (Å²) >= 11 is 0. The SMILES string of the molecule is C[C@@H]1OC(C(C)(C)C)[C@H](O)[C@H](O)[C@H]1O. The lowest BCUT2D eigenvalue weighted by Gasteiger charge is -2.44. The molecule has 1 unspecified atom stereocenters. The molecule has 0 aromatic rings. The van der Waals surface area contributed by atoms with Crippen LogP contribution in [0.3, 0.4) is 0 Å². The van der Waals surface area contributed by atoms with E-state index in [-0.39, 0.29) is 5.41 Å². The van der Waals surface area contributed by atoms with E-state index in [1.807, 2.05) is 20.8 Å². The van der Waals surface area contributed by atoms with Crippen molar-refractivity contribution in [2.45, 2.75) is 58.2 Å². The van der Waals surface area contributed by atoms with E-state index in [4.69, 9.17) is 4.74 Å². The second kappa shape index (κ2) is 3.77. The normalized spacial score (nSPS) is 45.2. The van der Waals surface area contributed by atoms with Crippen LogP contribution in [0.1, 0.15) is 27.7 Å². The zero-order valence-electron chi connectivity index (χ0n) is 9.14. The average Bonchev–Trinajstić information content (AvgIpc) is 2.06. The Morgan fingerprint density at radius 1 is 0.929 bits per heavy atom. The van der Waals surface area contributed by atoms with Gasteiger partial charge >= 0.3 is 0 Å². The standard InChI is InChI=1S/C10H20O4/c1-5-6(11)7(12)8(13)9(14-5)10(2,3)4/h5-9,11-13H,1-4H3/t5-,6-,7+,8+,9?/m0/s1. The maximum atomic E-state index is 9.73. The topological polar surface area (TPSA) is 69.9 Å². The first-order valence-electron chi connectivity index (χ1n) is 4.95. The van der Waals surface area contributed by atoms with Crippen molar-refractivity contribution in [2.75, 3.05) is 0 Å². The summed E-state index contributed by atoms with van der Waals surface area (Å²) < 4.78 is 5.49. The molecule has 0 aromatic carbocycles. The molecule has 3 N–H and O–H groups in total. The van der Waals surface area contributed by atoms with E-state index >= 15 is 0 Å². The van der Waals surface area contributed by atoms with Crippen molar-refractivity contribution in [3.63, 3.8) is 0 Å². The fraction of sp³-hybridized carbons (Fsp3) is 1.00. The number of aliphatic hydroxyl groups is 3. The smallest absolute Gasteiger partial charge is 0.111 e. The monoisotopic (exact) mass is 204 g/mol. The molecule has 1 saturated heterocycles. The van der Waals surface area contributed by atoms with Crippen LogP contribution in [0.25, 0.3) is 0 Å². The van der Waals surface area contributed by atoms with Gasteiger partial charge in [-0.2, -0.15) is 0 Å². The summed E-state index contributed by atoms with van der Waals surface area (Å²) in [6, 6.07) is 0. The number of aliphatic hydroxyl groups excluding tert-OH is 3. The fourth-order valence-corrected chi connectivity index (χ4v) is 1.77. The molecule has 0 bridgehead atoms. The highest BCUT2D eigenvalue weighted by atomic mass is 16.5. The molecule has 0 saturated carbocycles. The van der Waals surface area contributed by atoms with Gasteiger partial charge in [0.05, 0.1) is 12.2 Å². The molecule has 1 heterocycles. The Balaban J connectivity index is 2.81. The minimum Gasteiger partial charge on any atom is -0.388 e. The molecule has 5 atom stereocenters. The summed E-state index contributed by atoms with van der Waals surface area (Å²) in [4.78, 5) is 0. The predicted octanol–water partition coefficient (Wildman–Crippen LogP) is -0.0975. The van der Waals surface area contributed by atoms with Crippen LogP contribution in [-0.2, 0) is 4.74 Å². The van der Waals surface area contributed by atoms with Gasteiger partial charge in [0.2, 0.25) is 0 Å². The van der Waals surface area contributed by atoms with E-state index in [1.165, 1.54) is 0 Å². The van der Waals surface area contributed by atoms with Gasteiger partial charge in [0.25, 0.3) is 0 Å². The van der Waals surface area contributed by atoms with Gasteiger partial charge in [-0.25, -0.2) is 0 Å². The van der Waals surface area contributed by atoms with Crippen LogP contribution in [0.4, 0.5) is 0 Å². The minimum atomic E-state index is -1.12. The molecule has 84 valence electrons. The van der Waals surface area contributed by atoms with Crippen LogP contribution in [0.2, 0.25) is 0 Å². The van der Waals surface area contributed by atoms with Crippen LogP contribution in [0, 0.1) is 5.41 Å². The maximum Gasteiger partial charge on any atom is 0.111 e. The Hall–Kier alpha value is -0.160. The third-order valence-corrected chi connectivity index (χ3v) is 2.71. The lowest BCUT2D eigenvalue weighted by Crippen LogP contribution is -2.59. The zero-order valence-corrected chi connectivity index (χ0v) is 9.14. The molecule has 1 rings (SSSR count). The Morgan fingerprint density at radius 3 is 1.86 bits per heavy atom. The Labute approximate surface area is 84.5 Å². The van der Waals surface area contributed by atoms with Crippen molar-refractivity contribution in [2.24, 2.45) is 5.41 Å². The highest BCUT2D eigenvalue weighted by molar-refractivity contribution is 4.95. The molecule has 4 heteroatoms. The summed E-state index contributed by atoms with van der Waals surface area (Å²) in [6.45, 7) is 7.48. The molecule has 0 aromatic heterocycles. The van der Waals surface area contributed by atoms with Crippen LogP contribution in [-0.4, -0.2) is 45.8 Å². The second-order valence-electron chi connectivity index (χ2n) is 5.10. The first-order valence-corrected chi connectivity index (χ1v) is 4.95.